The number of carbonyl (C=O) groups excluding carboxylic acids is 1. The highest BCUT2D eigenvalue weighted by Crippen LogP contribution is 2.48. The molecule has 2 heterocycles. The Morgan fingerprint density at radius 1 is 0.889 bits per heavy atom. The van der Waals surface area contributed by atoms with Crippen molar-refractivity contribution < 1.29 is 14.3 Å². The summed E-state index contributed by atoms with van der Waals surface area (Å²) in [6.45, 7) is 2.39. The molecule has 4 rings (SSSR count). The van der Waals surface area contributed by atoms with Crippen molar-refractivity contribution in [3.63, 3.8) is 0 Å². The number of rotatable bonds is 4. The maximum absolute atomic E-state index is 13.4. The van der Waals surface area contributed by atoms with Crippen LogP contribution in [-0.2, 0) is 14.3 Å². The van der Waals surface area contributed by atoms with Gasteiger partial charge in [-0.2, -0.15) is 0 Å². The fraction of sp³-hybridized carbons (Fsp3) is 0.957. The molecule has 4 heteroatoms. The number of esters is 1. The molecule has 2 saturated carbocycles. The van der Waals surface area contributed by atoms with Gasteiger partial charge in [0, 0.05) is 19.2 Å². The first-order valence-electron chi connectivity index (χ1n) is 11.5. The van der Waals surface area contributed by atoms with Crippen molar-refractivity contribution >= 4 is 5.97 Å². The van der Waals surface area contributed by atoms with Crippen LogP contribution < -0.4 is 0 Å². The first-order chi connectivity index (χ1) is 13.1. The molecule has 2 aliphatic carbocycles. The highest BCUT2D eigenvalue weighted by molar-refractivity contribution is 5.74. The van der Waals surface area contributed by atoms with Crippen molar-refractivity contribution in [3.05, 3.63) is 0 Å². The lowest BCUT2D eigenvalue weighted by Crippen LogP contribution is -2.52. The van der Waals surface area contributed by atoms with E-state index < -0.39 is 0 Å². The molecule has 4 atom stereocenters. The molecule has 154 valence electrons. The van der Waals surface area contributed by atoms with Crippen LogP contribution in [0.3, 0.4) is 0 Å². The van der Waals surface area contributed by atoms with Crippen molar-refractivity contribution in [1.82, 2.24) is 4.90 Å². The maximum atomic E-state index is 13.4. The molecule has 0 spiro atoms. The summed E-state index contributed by atoms with van der Waals surface area (Å²) in [6, 6.07) is 1.11. The van der Waals surface area contributed by atoms with Gasteiger partial charge in [-0.1, -0.05) is 19.8 Å². The number of fused-ring (bicyclic) bond motifs is 2. The van der Waals surface area contributed by atoms with Gasteiger partial charge in [0.1, 0.15) is 6.10 Å². The quantitative estimate of drug-likeness (QED) is 0.680. The Balaban J connectivity index is 1.44. The van der Waals surface area contributed by atoms with Crippen LogP contribution in [0.5, 0.6) is 0 Å². The van der Waals surface area contributed by atoms with Crippen LogP contribution >= 0.6 is 0 Å². The summed E-state index contributed by atoms with van der Waals surface area (Å²) in [5.74, 6) is 2.38. The number of ether oxygens (including phenoxy) is 2. The van der Waals surface area contributed by atoms with Gasteiger partial charge < -0.3 is 9.47 Å². The van der Waals surface area contributed by atoms with E-state index in [1.54, 1.807) is 7.11 Å². The van der Waals surface area contributed by atoms with Gasteiger partial charge in [0.25, 0.3) is 0 Å². The Labute approximate surface area is 165 Å². The van der Waals surface area contributed by atoms with E-state index in [0.717, 1.165) is 37.5 Å². The van der Waals surface area contributed by atoms with Crippen LogP contribution in [0.4, 0.5) is 0 Å². The van der Waals surface area contributed by atoms with Gasteiger partial charge in [0.15, 0.2) is 0 Å². The second-order valence-corrected chi connectivity index (χ2v) is 9.98. The van der Waals surface area contributed by atoms with E-state index in [-0.39, 0.29) is 18.0 Å². The summed E-state index contributed by atoms with van der Waals surface area (Å²) in [4.78, 5) is 15.9. The minimum atomic E-state index is 0.104. The molecule has 0 aromatic rings. The number of carbonyl (C=O) groups is 1. The molecule has 2 aliphatic heterocycles. The third kappa shape index (κ3) is 4.07. The van der Waals surface area contributed by atoms with Crippen molar-refractivity contribution in [2.45, 2.75) is 102 Å². The summed E-state index contributed by atoms with van der Waals surface area (Å²) in [5, 5.41) is 0. The molecule has 2 bridgehead atoms. The van der Waals surface area contributed by atoms with Crippen molar-refractivity contribution in [2.75, 3.05) is 14.2 Å². The van der Waals surface area contributed by atoms with Gasteiger partial charge in [0.05, 0.1) is 12.0 Å². The van der Waals surface area contributed by atoms with Crippen molar-refractivity contribution in [2.24, 2.45) is 23.7 Å². The predicted octanol–water partition coefficient (Wildman–Crippen LogP) is 4.41. The molecule has 2 unspecified atom stereocenters. The molecule has 0 aromatic heterocycles. The van der Waals surface area contributed by atoms with Crippen molar-refractivity contribution in [3.8, 4) is 0 Å². The molecule has 4 nitrogen and oxygen atoms in total. The SMILES string of the molecule is COC1CCC(OC(=O)C2C3CC[C@H](C[C@@H]2C2CCC(C)CC2)N3C)CC1. The van der Waals surface area contributed by atoms with Crippen LogP contribution in [0.1, 0.15) is 77.6 Å². The Morgan fingerprint density at radius 3 is 2.22 bits per heavy atom. The van der Waals surface area contributed by atoms with E-state index >= 15 is 0 Å². The van der Waals surface area contributed by atoms with Crippen LogP contribution in [0.15, 0.2) is 0 Å². The van der Waals surface area contributed by atoms with Crippen LogP contribution in [0.25, 0.3) is 0 Å². The Bertz CT molecular complexity index is 508. The molecular weight excluding hydrogens is 338 g/mol. The summed E-state index contributed by atoms with van der Waals surface area (Å²) < 4.78 is 11.6. The maximum Gasteiger partial charge on any atom is 0.311 e. The molecular formula is C23H39NO3. The van der Waals surface area contributed by atoms with E-state index in [1.807, 2.05) is 0 Å². The van der Waals surface area contributed by atoms with Gasteiger partial charge >= 0.3 is 5.97 Å². The number of methoxy groups -OCH3 is 1. The highest BCUT2D eigenvalue weighted by atomic mass is 16.5. The van der Waals surface area contributed by atoms with Crippen LogP contribution in [0.2, 0.25) is 0 Å². The zero-order chi connectivity index (χ0) is 19.0. The molecule has 0 amide bonds. The number of hydrogen-bond donors (Lipinski definition) is 0. The lowest BCUT2D eigenvalue weighted by atomic mass is 9.67. The highest BCUT2D eigenvalue weighted by Gasteiger charge is 2.51. The Hall–Kier alpha value is -0.610. The standard InChI is InChI=1S/C23H39NO3/c1-15-4-6-16(7-5-15)20-14-17-8-13-21(24(17)2)22(20)23(25)27-19-11-9-18(26-3)10-12-19/h15-22H,4-14H2,1-3H3/t15?,16?,17-,18?,19?,20-,21?,22?/m1/s1. The monoisotopic (exact) mass is 377 g/mol. The number of nitrogens with zero attached hydrogens (tertiary/aromatic N) is 1. The first-order valence-corrected chi connectivity index (χ1v) is 11.5. The van der Waals surface area contributed by atoms with E-state index in [4.69, 9.17) is 9.47 Å². The molecule has 0 radical (unpaired) electrons. The number of hydrogen-bond acceptors (Lipinski definition) is 4. The van der Waals surface area contributed by atoms with Gasteiger partial charge in [-0.25, -0.2) is 0 Å². The number of piperidine rings is 1. The molecule has 0 N–H and O–H groups in total. The minimum Gasteiger partial charge on any atom is -0.462 e. The fourth-order valence-corrected chi connectivity index (χ4v) is 6.66. The third-order valence-electron chi connectivity index (χ3n) is 8.49. The van der Waals surface area contributed by atoms with E-state index in [2.05, 4.69) is 18.9 Å². The van der Waals surface area contributed by atoms with Crippen molar-refractivity contribution in [1.29, 1.82) is 0 Å². The average Bonchev–Trinajstić information content (AvgIpc) is 2.91. The van der Waals surface area contributed by atoms with Gasteiger partial charge in [-0.05, 0) is 82.6 Å². The largest absolute Gasteiger partial charge is 0.462 e. The second-order valence-electron chi connectivity index (χ2n) is 9.98. The molecule has 4 fully saturated rings. The zero-order valence-electron chi connectivity index (χ0n) is 17.6. The smallest absolute Gasteiger partial charge is 0.311 e. The summed E-state index contributed by atoms with van der Waals surface area (Å²) >= 11 is 0. The fourth-order valence-electron chi connectivity index (χ4n) is 6.66. The third-order valence-corrected chi connectivity index (χ3v) is 8.49. The molecule has 0 aromatic carbocycles. The molecule has 2 saturated heterocycles. The first kappa shape index (κ1) is 19.7. The molecule has 27 heavy (non-hydrogen) atoms. The lowest BCUT2D eigenvalue weighted by molar-refractivity contribution is -0.165. The predicted molar refractivity (Wildman–Crippen MR) is 106 cm³/mol. The Morgan fingerprint density at radius 2 is 1.56 bits per heavy atom. The minimum absolute atomic E-state index is 0.104. The lowest BCUT2D eigenvalue weighted by Gasteiger charge is -2.46. The summed E-state index contributed by atoms with van der Waals surface area (Å²) in [5.41, 5.74) is 0. The van der Waals surface area contributed by atoms with Gasteiger partial charge in [-0.15, -0.1) is 0 Å². The summed E-state index contributed by atoms with van der Waals surface area (Å²) in [6.07, 6.45) is 13.4. The van der Waals surface area contributed by atoms with E-state index in [9.17, 15) is 4.79 Å². The Kier molecular flexibility index (Phi) is 6.13. The van der Waals surface area contributed by atoms with Gasteiger partial charge in [0.2, 0.25) is 0 Å². The normalized spacial score (nSPS) is 45.6. The molecule has 4 aliphatic rings. The van der Waals surface area contributed by atoms with E-state index in [0.29, 0.717) is 24.1 Å². The van der Waals surface area contributed by atoms with Crippen LogP contribution in [-0.4, -0.2) is 49.3 Å². The average molecular weight is 378 g/mol. The van der Waals surface area contributed by atoms with Crippen LogP contribution in [0, 0.1) is 23.7 Å². The summed E-state index contributed by atoms with van der Waals surface area (Å²) in [7, 11) is 4.03. The zero-order valence-corrected chi connectivity index (χ0v) is 17.6. The second kappa shape index (κ2) is 8.41. The van der Waals surface area contributed by atoms with E-state index in [1.165, 1.54) is 44.9 Å². The van der Waals surface area contributed by atoms with Gasteiger partial charge in [-0.3, -0.25) is 9.69 Å². The topological polar surface area (TPSA) is 38.8 Å².